The van der Waals surface area contributed by atoms with Crippen LogP contribution in [0.15, 0.2) is 4.99 Å². The molecule has 0 heterocycles. The Bertz CT molecular complexity index is 256. The van der Waals surface area contributed by atoms with Gasteiger partial charge >= 0.3 is 0 Å². The van der Waals surface area contributed by atoms with Crippen LogP contribution < -0.4 is 10.6 Å². The van der Waals surface area contributed by atoms with Crippen LogP contribution in [0.3, 0.4) is 0 Å². The van der Waals surface area contributed by atoms with E-state index in [0.29, 0.717) is 6.61 Å². The molecule has 112 valence electrons. The predicted octanol–water partition coefficient (Wildman–Crippen LogP) is 2.40. The number of nitrogens with one attached hydrogen (secondary N) is 2. The lowest BCUT2D eigenvalue weighted by molar-refractivity contribution is 0.203. The second-order valence-corrected chi connectivity index (χ2v) is 5.61. The minimum absolute atomic E-state index is 0.713. The summed E-state index contributed by atoms with van der Waals surface area (Å²) in [5, 5.41) is 6.55. The van der Waals surface area contributed by atoms with E-state index in [1.54, 1.807) is 7.11 Å². The second kappa shape index (κ2) is 10.1. The Balaban J connectivity index is 2.25. The van der Waals surface area contributed by atoms with Crippen molar-refractivity contribution in [2.75, 3.05) is 33.4 Å². The highest BCUT2D eigenvalue weighted by Crippen LogP contribution is 2.30. The Kier molecular flexibility index (Phi) is 8.63. The van der Waals surface area contributed by atoms with Crippen LogP contribution in [0.5, 0.6) is 0 Å². The number of nitrogens with zero attached hydrogens (tertiary/aromatic N) is 1. The monoisotopic (exact) mass is 269 g/mol. The highest BCUT2D eigenvalue weighted by Gasteiger charge is 2.18. The summed E-state index contributed by atoms with van der Waals surface area (Å²) in [6.45, 7) is 7.83. The molecular weight excluding hydrogens is 238 g/mol. The first-order chi connectivity index (χ1) is 9.26. The molecule has 1 fully saturated rings. The molecule has 1 rings (SSSR count). The summed E-state index contributed by atoms with van der Waals surface area (Å²) < 4.78 is 5.04. The summed E-state index contributed by atoms with van der Waals surface area (Å²) in [5.74, 6) is 2.72. The average Bonchev–Trinajstić information content (AvgIpc) is 2.39. The number of aliphatic imine (C=N–C) groups is 1. The maximum absolute atomic E-state index is 5.04. The normalized spacial score (nSPS) is 24.3. The van der Waals surface area contributed by atoms with Crippen molar-refractivity contribution >= 4 is 5.96 Å². The van der Waals surface area contributed by atoms with Crippen molar-refractivity contribution in [2.45, 2.75) is 46.0 Å². The molecule has 1 aliphatic carbocycles. The fourth-order valence-electron chi connectivity index (χ4n) is 2.79. The van der Waals surface area contributed by atoms with E-state index in [0.717, 1.165) is 37.4 Å². The Morgan fingerprint density at radius 2 is 2.16 bits per heavy atom. The molecule has 1 saturated carbocycles. The number of ether oxygens (including phenoxy) is 1. The van der Waals surface area contributed by atoms with Crippen LogP contribution in [0.25, 0.3) is 0 Å². The fourth-order valence-corrected chi connectivity index (χ4v) is 2.79. The van der Waals surface area contributed by atoms with Gasteiger partial charge in [0.1, 0.15) is 0 Å². The molecule has 4 nitrogen and oxygen atoms in total. The van der Waals surface area contributed by atoms with Crippen molar-refractivity contribution < 1.29 is 4.74 Å². The zero-order valence-corrected chi connectivity index (χ0v) is 12.9. The summed E-state index contributed by atoms with van der Waals surface area (Å²) in [6, 6.07) is 0. The van der Waals surface area contributed by atoms with Crippen LogP contribution in [0.4, 0.5) is 0 Å². The van der Waals surface area contributed by atoms with E-state index in [1.165, 1.54) is 32.1 Å². The van der Waals surface area contributed by atoms with Gasteiger partial charge in [-0.3, -0.25) is 4.99 Å². The van der Waals surface area contributed by atoms with E-state index >= 15 is 0 Å². The predicted molar refractivity (Wildman–Crippen MR) is 81.6 cm³/mol. The van der Waals surface area contributed by atoms with E-state index < -0.39 is 0 Å². The standard InChI is InChI=1S/C15H31N3O/c1-4-16-15(18-10-11-19-3)17-9-8-14-7-5-6-13(2)12-14/h13-14H,4-12H2,1-3H3,(H2,16,17,18). The van der Waals surface area contributed by atoms with E-state index in [4.69, 9.17) is 4.74 Å². The minimum atomic E-state index is 0.713. The fraction of sp³-hybridized carbons (Fsp3) is 0.933. The lowest BCUT2D eigenvalue weighted by atomic mass is 9.81. The Hall–Kier alpha value is -0.770. The number of rotatable bonds is 7. The minimum Gasteiger partial charge on any atom is -0.383 e. The summed E-state index contributed by atoms with van der Waals surface area (Å²) in [6.07, 6.45) is 6.84. The van der Waals surface area contributed by atoms with E-state index in [1.807, 2.05) is 0 Å². The molecule has 2 atom stereocenters. The lowest BCUT2D eigenvalue weighted by Gasteiger charge is -2.26. The van der Waals surface area contributed by atoms with Gasteiger partial charge in [0.15, 0.2) is 5.96 Å². The van der Waals surface area contributed by atoms with Crippen molar-refractivity contribution in [1.29, 1.82) is 0 Å². The number of methoxy groups -OCH3 is 1. The van der Waals surface area contributed by atoms with Gasteiger partial charge in [-0.1, -0.05) is 26.2 Å². The number of guanidine groups is 1. The zero-order chi connectivity index (χ0) is 13.9. The number of hydrogen-bond donors (Lipinski definition) is 2. The lowest BCUT2D eigenvalue weighted by Crippen LogP contribution is -2.39. The van der Waals surface area contributed by atoms with Gasteiger partial charge in [0.2, 0.25) is 0 Å². The van der Waals surface area contributed by atoms with E-state index in [9.17, 15) is 0 Å². The van der Waals surface area contributed by atoms with Gasteiger partial charge in [0, 0.05) is 26.7 Å². The smallest absolute Gasteiger partial charge is 0.191 e. The third-order valence-electron chi connectivity index (χ3n) is 3.80. The van der Waals surface area contributed by atoms with Crippen LogP contribution in [0.1, 0.15) is 46.0 Å². The first-order valence-corrected chi connectivity index (χ1v) is 7.77. The van der Waals surface area contributed by atoms with Gasteiger partial charge in [0.05, 0.1) is 6.61 Å². The van der Waals surface area contributed by atoms with Gasteiger partial charge in [-0.15, -0.1) is 0 Å². The number of hydrogen-bond acceptors (Lipinski definition) is 2. The highest BCUT2D eigenvalue weighted by atomic mass is 16.5. The van der Waals surface area contributed by atoms with Gasteiger partial charge in [0.25, 0.3) is 0 Å². The molecule has 0 aromatic carbocycles. The van der Waals surface area contributed by atoms with Crippen LogP contribution in [-0.2, 0) is 4.74 Å². The maximum atomic E-state index is 5.04. The van der Waals surface area contributed by atoms with Gasteiger partial charge in [-0.2, -0.15) is 0 Å². The van der Waals surface area contributed by atoms with E-state index in [-0.39, 0.29) is 0 Å². The van der Waals surface area contributed by atoms with Gasteiger partial charge in [-0.05, 0) is 31.6 Å². The van der Waals surface area contributed by atoms with Crippen molar-refractivity contribution in [3.63, 3.8) is 0 Å². The Labute approximate surface area is 118 Å². The van der Waals surface area contributed by atoms with Crippen LogP contribution in [0, 0.1) is 11.8 Å². The van der Waals surface area contributed by atoms with Gasteiger partial charge in [-0.25, -0.2) is 0 Å². The molecule has 0 aliphatic heterocycles. The Morgan fingerprint density at radius 3 is 2.84 bits per heavy atom. The third-order valence-corrected chi connectivity index (χ3v) is 3.80. The molecular formula is C15H31N3O. The molecule has 19 heavy (non-hydrogen) atoms. The average molecular weight is 269 g/mol. The van der Waals surface area contributed by atoms with Crippen molar-refractivity contribution in [3.05, 3.63) is 0 Å². The van der Waals surface area contributed by atoms with Crippen LogP contribution in [0.2, 0.25) is 0 Å². The van der Waals surface area contributed by atoms with Crippen molar-refractivity contribution in [2.24, 2.45) is 16.8 Å². The van der Waals surface area contributed by atoms with Crippen molar-refractivity contribution in [3.8, 4) is 0 Å². The molecule has 2 N–H and O–H groups in total. The summed E-state index contributed by atoms with van der Waals surface area (Å²) in [5.41, 5.74) is 0. The molecule has 0 spiro atoms. The molecule has 0 saturated heterocycles. The molecule has 0 amide bonds. The third kappa shape index (κ3) is 7.41. The quantitative estimate of drug-likeness (QED) is 0.424. The summed E-state index contributed by atoms with van der Waals surface area (Å²) >= 11 is 0. The second-order valence-electron chi connectivity index (χ2n) is 5.61. The molecule has 0 aromatic rings. The maximum Gasteiger partial charge on any atom is 0.191 e. The SMILES string of the molecule is CCNC(=NCCC1CCCC(C)C1)NCCOC. The van der Waals surface area contributed by atoms with Crippen molar-refractivity contribution in [1.82, 2.24) is 10.6 Å². The summed E-state index contributed by atoms with van der Waals surface area (Å²) in [4.78, 5) is 4.64. The first kappa shape index (κ1) is 16.3. The summed E-state index contributed by atoms with van der Waals surface area (Å²) in [7, 11) is 1.72. The Morgan fingerprint density at radius 1 is 1.32 bits per heavy atom. The van der Waals surface area contributed by atoms with E-state index in [2.05, 4.69) is 29.5 Å². The van der Waals surface area contributed by atoms with Crippen LogP contribution in [-0.4, -0.2) is 39.3 Å². The zero-order valence-electron chi connectivity index (χ0n) is 12.9. The molecule has 1 aliphatic rings. The largest absolute Gasteiger partial charge is 0.383 e. The van der Waals surface area contributed by atoms with Crippen LogP contribution >= 0.6 is 0 Å². The molecule has 0 aromatic heterocycles. The van der Waals surface area contributed by atoms with Gasteiger partial charge < -0.3 is 15.4 Å². The highest BCUT2D eigenvalue weighted by molar-refractivity contribution is 5.79. The molecule has 0 bridgehead atoms. The molecule has 4 heteroatoms. The molecule has 0 radical (unpaired) electrons. The first-order valence-electron chi connectivity index (χ1n) is 7.77. The topological polar surface area (TPSA) is 45.7 Å². The molecule has 2 unspecified atom stereocenters.